The predicted molar refractivity (Wildman–Crippen MR) is 91.7 cm³/mol. The summed E-state index contributed by atoms with van der Waals surface area (Å²) in [6, 6.07) is 0. The van der Waals surface area contributed by atoms with Crippen molar-refractivity contribution in [2.24, 2.45) is 4.99 Å². The fourth-order valence-corrected chi connectivity index (χ4v) is 3.40. The summed E-state index contributed by atoms with van der Waals surface area (Å²) in [6.07, 6.45) is -1.26. The lowest BCUT2D eigenvalue weighted by atomic mass is 10.2. The SMILES string of the molecule is CCNC(=NCc1nnc2n1CCCC2)NCc1nc(C(F)(F)F)cs1. The Balaban J connectivity index is 1.62. The molecule has 0 aromatic carbocycles. The lowest BCUT2D eigenvalue weighted by Gasteiger charge is -2.14. The number of alkyl halides is 3. The van der Waals surface area contributed by atoms with Crippen LogP contribution in [0, 0.1) is 0 Å². The summed E-state index contributed by atoms with van der Waals surface area (Å²) in [7, 11) is 0. The molecular weight excluding hydrogens is 367 g/mol. The molecule has 0 amide bonds. The van der Waals surface area contributed by atoms with Crippen molar-refractivity contribution >= 4 is 17.3 Å². The van der Waals surface area contributed by atoms with E-state index in [1.165, 1.54) is 0 Å². The Labute approximate surface area is 152 Å². The van der Waals surface area contributed by atoms with Crippen molar-refractivity contribution in [1.82, 2.24) is 30.4 Å². The van der Waals surface area contributed by atoms with E-state index in [0.717, 1.165) is 54.2 Å². The highest BCUT2D eigenvalue weighted by Crippen LogP contribution is 2.29. The molecule has 0 saturated carbocycles. The zero-order chi connectivity index (χ0) is 18.6. The van der Waals surface area contributed by atoms with Gasteiger partial charge >= 0.3 is 6.18 Å². The van der Waals surface area contributed by atoms with E-state index >= 15 is 0 Å². The summed E-state index contributed by atoms with van der Waals surface area (Å²) in [6.45, 7) is 3.98. The molecular formula is C15H20F3N7S. The van der Waals surface area contributed by atoms with Gasteiger partial charge in [0.15, 0.2) is 17.5 Å². The lowest BCUT2D eigenvalue weighted by Crippen LogP contribution is -2.36. The maximum Gasteiger partial charge on any atom is 0.434 e. The smallest absolute Gasteiger partial charge is 0.357 e. The molecule has 0 radical (unpaired) electrons. The molecule has 2 aromatic rings. The standard InChI is InChI=1S/C15H20F3N7S/c1-2-19-14(21-8-13-22-10(9-26-13)15(16,17)18)20-7-12-24-23-11-5-3-4-6-25(11)12/h9H,2-8H2,1H3,(H2,19,20,21). The first-order valence-electron chi connectivity index (χ1n) is 8.42. The molecule has 2 N–H and O–H groups in total. The van der Waals surface area contributed by atoms with Crippen LogP contribution in [-0.4, -0.2) is 32.3 Å². The second-order valence-corrected chi connectivity index (χ2v) is 6.76. The average Bonchev–Trinajstić information content (AvgIpc) is 3.24. The van der Waals surface area contributed by atoms with Crippen molar-refractivity contribution in [3.05, 3.63) is 27.7 Å². The van der Waals surface area contributed by atoms with Gasteiger partial charge < -0.3 is 15.2 Å². The van der Waals surface area contributed by atoms with Gasteiger partial charge in [0, 0.05) is 24.9 Å². The summed E-state index contributed by atoms with van der Waals surface area (Å²) >= 11 is 0.968. The van der Waals surface area contributed by atoms with Crippen LogP contribution in [0.4, 0.5) is 13.2 Å². The Kier molecular flexibility index (Phi) is 5.74. The molecule has 1 aliphatic rings. The number of thiazole rings is 1. The first-order valence-corrected chi connectivity index (χ1v) is 9.30. The number of nitrogens with zero attached hydrogens (tertiary/aromatic N) is 5. The highest BCUT2D eigenvalue weighted by molar-refractivity contribution is 7.09. The lowest BCUT2D eigenvalue weighted by molar-refractivity contribution is -0.140. The van der Waals surface area contributed by atoms with Gasteiger partial charge in [0.1, 0.15) is 17.4 Å². The fourth-order valence-electron chi connectivity index (χ4n) is 2.66. The molecule has 0 saturated heterocycles. The van der Waals surface area contributed by atoms with Gasteiger partial charge in [-0.15, -0.1) is 21.5 Å². The van der Waals surface area contributed by atoms with Crippen LogP contribution in [0.2, 0.25) is 0 Å². The van der Waals surface area contributed by atoms with Crippen LogP contribution >= 0.6 is 11.3 Å². The van der Waals surface area contributed by atoms with Crippen molar-refractivity contribution in [3.8, 4) is 0 Å². The van der Waals surface area contributed by atoms with Gasteiger partial charge in [0.05, 0.1) is 6.54 Å². The van der Waals surface area contributed by atoms with Crippen LogP contribution in [0.3, 0.4) is 0 Å². The molecule has 0 bridgehead atoms. The summed E-state index contributed by atoms with van der Waals surface area (Å²) in [5, 5.41) is 15.8. The van der Waals surface area contributed by atoms with Crippen LogP contribution in [0.1, 0.15) is 42.1 Å². The van der Waals surface area contributed by atoms with Crippen molar-refractivity contribution in [2.45, 2.75) is 52.0 Å². The zero-order valence-corrected chi connectivity index (χ0v) is 15.1. The first-order chi connectivity index (χ1) is 12.5. The zero-order valence-electron chi connectivity index (χ0n) is 14.3. The van der Waals surface area contributed by atoms with Crippen molar-refractivity contribution in [2.75, 3.05) is 6.54 Å². The van der Waals surface area contributed by atoms with E-state index in [0.29, 0.717) is 24.1 Å². The molecule has 0 atom stereocenters. The summed E-state index contributed by atoms with van der Waals surface area (Å²) < 4.78 is 39.9. The Morgan fingerprint density at radius 2 is 2.15 bits per heavy atom. The number of halogens is 3. The number of guanidine groups is 1. The highest BCUT2D eigenvalue weighted by atomic mass is 32.1. The normalized spacial score (nSPS) is 15.0. The summed E-state index contributed by atoms with van der Waals surface area (Å²) in [4.78, 5) is 8.06. The van der Waals surface area contributed by atoms with Crippen LogP contribution in [0.5, 0.6) is 0 Å². The maximum atomic E-state index is 12.6. The van der Waals surface area contributed by atoms with Crippen molar-refractivity contribution in [1.29, 1.82) is 0 Å². The maximum absolute atomic E-state index is 12.6. The van der Waals surface area contributed by atoms with Crippen LogP contribution in [0.25, 0.3) is 0 Å². The number of aryl methyl sites for hydroxylation is 1. The van der Waals surface area contributed by atoms with Gasteiger partial charge in [-0.05, 0) is 19.8 Å². The van der Waals surface area contributed by atoms with Crippen molar-refractivity contribution < 1.29 is 13.2 Å². The highest BCUT2D eigenvalue weighted by Gasteiger charge is 2.33. The van der Waals surface area contributed by atoms with Gasteiger partial charge in [-0.2, -0.15) is 13.2 Å². The third kappa shape index (κ3) is 4.51. The number of aromatic nitrogens is 4. The van der Waals surface area contributed by atoms with E-state index < -0.39 is 11.9 Å². The van der Waals surface area contributed by atoms with Crippen molar-refractivity contribution in [3.63, 3.8) is 0 Å². The molecule has 142 valence electrons. The quantitative estimate of drug-likeness (QED) is 0.608. The molecule has 11 heteroatoms. The first kappa shape index (κ1) is 18.6. The average molecular weight is 387 g/mol. The van der Waals surface area contributed by atoms with Gasteiger partial charge in [0.25, 0.3) is 0 Å². The molecule has 0 unspecified atom stereocenters. The number of hydrogen-bond donors (Lipinski definition) is 2. The van der Waals surface area contributed by atoms with Gasteiger partial charge in [-0.1, -0.05) is 0 Å². The Morgan fingerprint density at radius 1 is 1.31 bits per heavy atom. The monoisotopic (exact) mass is 387 g/mol. The van der Waals surface area contributed by atoms with E-state index in [1.807, 2.05) is 6.92 Å². The molecule has 0 fully saturated rings. The van der Waals surface area contributed by atoms with E-state index in [4.69, 9.17) is 0 Å². The minimum absolute atomic E-state index is 0.171. The van der Waals surface area contributed by atoms with Crippen LogP contribution < -0.4 is 10.6 Å². The third-order valence-corrected chi connectivity index (χ3v) is 4.76. The van der Waals surface area contributed by atoms with E-state index in [2.05, 4.69) is 35.4 Å². The van der Waals surface area contributed by atoms with Gasteiger partial charge in [0.2, 0.25) is 0 Å². The number of rotatable bonds is 5. The molecule has 26 heavy (non-hydrogen) atoms. The summed E-state index contributed by atoms with van der Waals surface area (Å²) in [5.41, 5.74) is -0.865. The largest absolute Gasteiger partial charge is 0.434 e. The van der Waals surface area contributed by atoms with Crippen LogP contribution in [0.15, 0.2) is 10.4 Å². The van der Waals surface area contributed by atoms with E-state index in [9.17, 15) is 13.2 Å². The fraction of sp³-hybridized carbons (Fsp3) is 0.600. The van der Waals surface area contributed by atoms with Crippen LogP contribution in [-0.2, 0) is 32.2 Å². The molecule has 1 aliphatic heterocycles. The van der Waals surface area contributed by atoms with Gasteiger partial charge in [-0.25, -0.2) is 9.98 Å². The van der Waals surface area contributed by atoms with E-state index in [-0.39, 0.29) is 6.54 Å². The molecule has 2 aromatic heterocycles. The second kappa shape index (κ2) is 8.02. The Hall–Kier alpha value is -2.17. The number of nitrogens with one attached hydrogen (secondary N) is 2. The summed E-state index contributed by atoms with van der Waals surface area (Å²) in [5.74, 6) is 2.29. The minimum atomic E-state index is -4.42. The molecule has 3 rings (SSSR count). The molecule has 0 aliphatic carbocycles. The predicted octanol–water partition coefficient (Wildman–Crippen LogP) is 2.34. The Morgan fingerprint density at radius 3 is 2.88 bits per heavy atom. The molecule has 0 spiro atoms. The van der Waals surface area contributed by atoms with Gasteiger partial charge in [-0.3, -0.25) is 0 Å². The number of aliphatic imine (C=N–C) groups is 1. The minimum Gasteiger partial charge on any atom is -0.357 e. The second-order valence-electron chi connectivity index (χ2n) is 5.81. The topological polar surface area (TPSA) is 80.0 Å². The number of hydrogen-bond acceptors (Lipinski definition) is 5. The number of fused-ring (bicyclic) bond motifs is 1. The Bertz CT molecular complexity index is 766. The molecule has 3 heterocycles. The molecule has 7 nitrogen and oxygen atoms in total. The van der Waals surface area contributed by atoms with E-state index in [1.54, 1.807) is 0 Å². The third-order valence-electron chi connectivity index (χ3n) is 3.91.